The van der Waals surface area contributed by atoms with Crippen molar-refractivity contribution in [3.63, 3.8) is 0 Å². The summed E-state index contributed by atoms with van der Waals surface area (Å²) in [6, 6.07) is 9.54. The predicted octanol–water partition coefficient (Wildman–Crippen LogP) is -1.14. The van der Waals surface area contributed by atoms with E-state index in [4.69, 9.17) is 17.2 Å². The average Bonchev–Trinajstić information content (AvgIpc) is 3.62. The van der Waals surface area contributed by atoms with E-state index in [1.165, 1.54) is 17.0 Å². The number of carboxylic acids is 1. The zero-order valence-electron chi connectivity index (χ0n) is 30.0. The highest BCUT2D eigenvalue weighted by Crippen LogP contribution is 2.19. The molecule has 12 N–H and O–H groups in total. The topological polar surface area (TPSA) is 285 Å². The van der Waals surface area contributed by atoms with E-state index >= 15 is 0 Å². The number of hydrogen-bond acceptors (Lipinski definition) is 9. The minimum absolute atomic E-state index is 0.00284. The van der Waals surface area contributed by atoms with Gasteiger partial charge in [-0.25, -0.2) is 4.79 Å². The highest BCUT2D eigenvalue weighted by Gasteiger charge is 2.37. The van der Waals surface area contributed by atoms with Crippen molar-refractivity contribution in [2.24, 2.45) is 28.1 Å². The number of likely N-dealkylation sites (tertiary alicyclic amines) is 1. The summed E-state index contributed by atoms with van der Waals surface area (Å²) in [6.07, 6.45) is 1.51. The van der Waals surface area contributed by atoms with E-state index in [2.05, 4.69) is 26.3 Å². The molecular formula is C36H51N9O8. The fraction of sp³-hybridized carbons (Fsp3) is 0.472. The number of hydrogen-bond donors (Lipinski definition) is 9. The number of benzene rings is 2. The Morgan fingerprint density at radius 2 is 1.47 bits per heavy atom. The molecule has 1 aliphatic rings. The SMILES string of the molecule is CC(C)[C@H](NC(=O)[C@@H]1CCCN1C(=O)CNC(=O)[C@H](Cc1ccc(O)cc1)NC(=O)[C@H](Cc1ccccc1)NC(=O)[C@@H](N)CCCN=C(N)N)C(=O)O. The molecule has 0 unspecified atom stereocenters. The number of aromatic hydroxyl groups is 1. The molecule has 2 aromatic rings. The summed E-state index contributed by atoms with van der Waals surface area (Å²) in [6.45, 7) is 3.31. The summed E-state index contributed by atoms with van der Waals surface area (Å²) in [5.41, 5.74) is 18.1. The number of carboxylic acid groups (broad SMARTS) is 1. The number of rotatable bonds is 19. The Kier molecular flexibility index (Phi) is 16.0. The molecule has 0 bridgehead atoms. The molecule has 1 aliphatic heterocycles. The van der Waals surface area contributed by atoms with Crippen LogP contribution in [0.4, 0.5) is 0 Å². The third kappa shape index (κ3) is 13.4. The van der Waals surface area contributed by atoms with Crippen LogP contribution in [0.3, 0.4) is 0 Å². The van der Waals surface area contributed by atoms with Gasteiger partial charge in [0.25, 0.3) is 0 Å². The Morgan fingerprint density at radius 1 is 0.868 bits per heavy atom. The van der Waals surface area contributed by atoms with E-state index in [0.29, 0.717) is 24.8 Å². The second kappa shape index (κ2) is 20.4. The van der Waals surface area contributed by atoms with E-state index in [1.54, 1.807) is 56.3 Å². The summed E-state index contributed by atoms with van der Waals surface area (Å²) in [5, 5.41) is 29.8. The highest BCUT2D eigenvalue weighted by molar-refractivity contribution is 5.95. The standard InChI is InChI=1S/C36H51N9O8/c1-21(2)30(35(52)53)44-34(51)28-11-7-17-45(28)29(47)20-41-32(49)26(19-23-12-14-24(46)15-13-23)43-33(50)27(18-22-8-4-3-5-9-22)42-31(48)25(37)10-6-16-40-36(38)39/h3-5,8-9,12-15,21,25-28,30,46H,6-7,10-11,16-20,37H2,1-2H3,(H,41,49)(H,42,48)(H,43,50)(H,44,51)(H,52,53)(H4,38,39,40)/t25-,26-,27-,28-,30-/m0/s1. The number of phenols is 1. The van der Waals surface area contributed by atoms with Gasteiger partial charge in [-0.3, -0.25) is 29.0 Å². The molecule has 2 aromatic carbocycles. The minimum Gasteiger partial charge on any atom is -0.508 e. The number of nitrogens with zero attached hydrogens (tertiary/aromatic N) is 2. The first-order valence-electron chi connectivity index (χ1n) is 17.5. The third-order valence-electron chi connectivity index (χ3n) is 8.75. The number of carbonyl (C=O) groups is 6. The molecule has 1 fully saturated rings. The molecule has 3 rings (SSSR count). The van der Waals surface area contributed by atoms with E-state index in [9.17, 15) is 39.0 Å². The van der Waals surface area contributed by atoms with E-state index in [0.717, 1.165) is 5.56 Å². The van der Waals surface area contributed by atoms with Crippen molar-refractivity contribution in [1.29, 1.82) is 0 Å². The molecular weight excluding hydrogens is 686 g/mol. The number of nitrogens with two attached hydrogens (primary N) is 3. The first-order valence-corrected chi connectivity index (χ1v) is 17.5. The lowest BCUT2D eigenvalue weighted by molar-refractivity contribution is -0.145. The fourth-order valence-electron chi connectivity index (χ4n) is 5.83. The van der Waals surface area contributed by atoms with Gasteiger partial charge in [-0.1, -0.05) is 56.3 Å². The van der Waals surface area contributed by atoms with E-state index < -0.39 is 72.3 Å². The zero-order chi connectivity index (χ0) is 39.1. The van der Waals surface area contributed by atoms with Crippen molar-refractivity contribution >= 4 is 41.5 Å². The number of phenolic OH excluding ortho intramolecular Hbond substituents is 1. The normalized spacial score (nSPS) is 16.1. The van der Waals surface area contributed by atoms with Gasteiger partial charge in [0.1, 0.15) is 29.9 Å². The van der Waals surface area contributed by atoms with Crippen LogP contribution >= 0.6 is 0 Å². The van der Waals surface area contributed by atoms with Crippen molar-refractivity contribution in [3.8, 4) is 5.75 Å². The molecule has 17 nitrogen and oxygen atoms in total. The Hall–Kier alpha value is -5.71. The zero-order valence-corrected chi connectivity index (χ0v) is 30.0. The largest absolute Gasteiger partial charge is 0.508 e. The molecule has 0 radical (unpaired) electrons. The Balaban J connectivity index is 1.75. The molecule has 0 spiro atoms. The number of amides is 5. The Morgan fingerprint density at radius 3 is 2.08 bits per heavy atom. The first-order chi connectivity index (χ1) is 25.2. The third-order valence-corrected chi connectivity index (χ3v) is 8.75. The van der Waals surface area contributed by atoms with Crippen molar-refractivity contribution in [3.05, 3.63) is 65.7 Å². The van der Waals surface area contributed by atoms with Gasteiger partial charge >= 0.3 is 5.97 Å². The van der Waals surface area contributed by atoms with Gasteiger partial charge in [0.15, 0.2) is 5.96 Å². The number of aliphatic carboxylic acids is 1. The summed E-state index contributed by atoms with van der Waals surface area (Å²) >= 11 is 0. The van der Waals surface area contributed by atoms with Crippen LogP contribution in [0.15, 0.2) is 59.6 Å². The van der Waals surface area contributed by atoms with Crippen molar-refractivity contribution in [1.82, 2.24) is 26.2 Å². The van der Waals surface area contributed by atoms with Crippen LogP contribution in [0.5, 0.6) is 5.75 Å². The Labute approximate surface area is 308 Å². The van der Waals surface area contributed by atoms with Gasteiger partial charge in [0, 0.05) is 25.9 Å². The second-order valence-electron chi connectivity index (χ2n) is 13.3. The van der Waals surface area contributed by atoms with E-state index in [-0.39, 0.29) is 50.0 Å². The first kappa shape index (κ1) is 41.7. The van der Waals surface area contributed by atoms with Crippen molar-refractivity contribution < 1.29 is 39.0 Å². The highest BCUT2D eigenvalue weighted by atomic mass is 16.4. The van der Waals surface area contributed by atoms with Gasteiger partial charge in [-0.15, -0.1) is 0 Å². The van der Waals surface area contributed by atoms with Gasteiger partial charge in [-0.05, 0) is 54.9 Å². The molecule has 0 aromatic heterocycles. The number of guanidine groups is 1. The van der Waals surface area contributed by atoms with Crippen molar-refractivity contribution in [2.75, 3.05) is 19.6 Å². The lowest BCUT2D eigenvalue weighted by Gasteiger charge is -2.27. The molecule has 1 heterocycles. The van der Waals surface area contributed by atoms with Gasteiger partial charge in [0.2, 0.25) is 29.5 Å². The van der Waals surface area contributed by atoms with Gasteiger partial charge < -0.3 is 53.6 Å². The molecule has 5 atom stereocenters. The lowest BCUT2D eigenvalue weighted by Crippen LogP contribution is -2.57. The predicted molar refractivity (Wildman–Crippen MR) is 196 cm³/mol. The molecule has 5 amide bonds. The monoisotopic (exact) mass is 737 g/mol. The van der Waals surface area contributed by atoms with Gasteiger partial charge in [-0.2, -0.15) is 0 Å². The van der Waals surface area contributed by atoms with Crippen LogP contribution in [-0.2, 0) is 41.6 Å². The summed E-state index contributed by atoms with van der Waals surface area (Å²) in [5.74, 6) is -4.82. The van der Waals surface area contributed by atoms with Crippen LogP contribution < -0.4 is 38.5 Å². The minimum atomic E-state index is -1.23. The maximum atomic E-state index is 13.9. The molecule has 1 saturated heterocycles. The molecule has 53 heavy (non-hydrogen) atoms. The van der Waals surface area contributed by atoms with Crippen LogP contribution in [0, 0.1) is 5.92 Å². The smallest absolute Gasteiger partial charge is 0.326 e. The Bertz CT molecular complexity index is 1600. The van der Waals surface area contributed by atoms with E-state index in [1.807, 2.05) is 0 Å². The fourth-order valence-corrected chi connectivity index (χ4v) is 5.83. The van der Waals surface area contributed by atoms with Gasteiger partial charge in [0.05, 0.1) is 12.6 Å². The number of carbonyl (C=O) groups excluding carboxylic acids is 5. The van der Waals surface area contributed by atoms with Crippen LogP contribution in [0.1, 0.15) is 50.7 Å². The number of nitrogens with one attached hydrogen (secondary N) is 4. The van der Waals surface area contributed by atoms with Crippen LogP contribution in [0.25, 0.3) is 0 Å². The summed E-state index contributed by atoms with van der Waals surface area (Å²) < 4.78 is 0. The lowest BCUT2D eigenvalue weighted by atomic mass is 10.0. The second-order valence-corrected chi connectivity index (χ2v) is 13.3. The maximum absolute atomic E-state index is 13.9. The maximum Gasteiger partial charge on any atom is 0.326 e. The summed E-state index contributed by atoms with van der Waals surface area (Å²) in [4.78, 5) is 83.8. The quantitative estimate of drug-likeness (QED) is 0.0472. The number of aliphatic imine (C=N–C) groups is 1. The molecule has 17 heteroatoms. The van der Waals surface area contributed by atoms with Crippen LogP contribution in [-0.4, -0.2) is 106 Å². The summed E-state index contributed by atoms with van der Waals surface area (Å²) in [7, 11) is 0. The average molecular weight is 738 g/mol. The molecule has 0 aliphatic carbocycles. The molecule has 288 valence electrons. The van der Waals surface area contributed by atoms with Crippen molar-refractivity contribution in [2.45, 2.75) is 82.6 Å². The molecule has 0 saturated carbocycles. The van der Waals surface area contributed by atoms with Crippen LogP contribution in [0.2, 0.25) is 0 Å².